The van der Waals surface area contributed by atoms with Crippen LogP contribution in [0.2, 0.25) is 0 Å². The van der Waals surface area contributed by atoms with Crippen molar-refractivity contribution in [3.8, 4) is 11.5 Å². The first-order valence-electron chi connectivity index (χ1n) is 6.73. The quantitative estimate of drug-likeness (QED) is 0.903. The second-order valence-corrected chi connectivity index (χ2v) is 5.02. The zero-order valence-corrected chi connectivity index (χ0v) is 11.0. The van der Waals surface area contributed by atoms with E-state index in [9.17, 15) is 0 Å². The summed E-state index contributed by atoms with van der Waals surface area (Å²) in [4.78, 5) is 4.64. The van der Waals surface area contributed by atoms with Crippen molar-refractivity contribution in [2.45, 2.75) is 44.9 Å². The maximum absolute atomic E-state index is 4.64. The zero-order valence-electron chi connectivity index (χ0n) is 11.0. The fourth-order valence-corrected chi connectivity index (χ4v) is 2.68. The summed E-state index contributed by atoms with van der Waals surface area (Å²) in [5.41, 5.74) is 2.08. The Balaban J connectivity index is 1.89. The molecular formula is C13H19N5. The molecule has 2 aromatic heterocycles. The average Bonchev–Trinajstić information content (AvgIpc) is 3.08. The van der Waals surface area contributed by atoms with Crippen LogP contribution in [0.15, 0.2) is 6.07 Å². The number of aromatic amines is 1. The summed E-state index contributed by atoms with van der Waals surface area (Å²) < 4.78 is 1.86. The van der Waals surface area contributed by atoms with E-state index in [0.29, 0.717) is 5.92 Å². The SMILES string of the molecule is CCc1cc(-c2n[nH]c(C3CCCC3)n2)n(C)n1. The summed E-state index contributed by atoms with van der Waals surface area (Å²) in [7, 11) is 1.94. The van der Waals surface area contributed by atoms with Crippen molar-refractivity contribution < 1.29 is 0 Å². The minimum atomic E-state index is 0.574. The molecule has 1 fully saturated rings. The molecule has 18 heavy (non-hydrogen) atoms. The fraction of sp³-hybridized carbons (Fsp3) is 0.615. The Labute approximate surface area is 107 Å². The van der Waals surface area contributed by atoms with E-state index in [4.69, 9.17) is 0 Å². The molecule has 2 heterocycles. The molecule has 96 valence electrons. The van der Waals surface area contributed by atoms with Gasteiger partial charge in [-0.2, -0.15) is 10.2 Å². The van der Waals surface area contributed by atoms with Crippen LogP contribution in [-0.4, -0.2) is 25.0 Å². The van der Waals surface area contributed by atoms with E-state index in [1.54, 1.807) is 0 Å². The molecule has 0 bridgehead atoms. The van der Waals surface area contributed by atoms with Crippen molar-refractivity contribution in [2.24, 2.45) is 7.05 Å². The molecule has 3 rings (SSSR count). The number of H-pyrrole nitrogens is 1. The van der Waals surface area contributed by atoms with E-state index in [1.807, 2.05) is 11.7 Å². The van der Waals surface area contributed by atoms with Gasteiger partial charge in [0.25, 0.3) is 0 Å². The molecule has 0 atom stereocenters. The van der Waals surface area contributed by atoms with E-state index in [0.717, 1.165) is 29.5 Å². The Bertz CT molecular complexity index is 533. The molecule has 0 spiro atoms. The van der Waals surface area contributed by atoms with Gasteiger partial charge in [0.1, 0.15) is 11.5 Å². The predicted molar refractivity (Wildman–Crippen MR) is 69.2 cm³/mol. The second-order valence-electron chi connectivity index (χ2n) is 5.02. The molecule has 1 saturated carbocycles. The first-order chi connectivity index (χ1) is 8.78. The maximum atomic E-state index is 4.64. The van der Waals surface area contributed by atoms with Crippen LogP contribution in [0.25, 0.3) is 11.5 Å². The summed E-state index contributed by atoms with van der Waals surface area (Å²) in [6.45, 7) is 2.11. The molecule has 0 aromatic carbocycles. The number of nitrogens with one attached hydrogen (secondary N) is 1. The number of rotatable bonds is 3. The van der Waals surface area contributed by atoms with Gasteiger partial charge in [0, 0.05) is 13.0 Å². The van der Waals surface area contributed by atoms with Gasteiger partial charge in [-0.15, -0.1) is 0 Å². The van der Waals surface area contributed by atoms with Crippen molar-refractivity contribution in [3.63, 3.8) is 0 Å². The van der Waals surface area contributed by atoms with E-state index in [1.165, 1.54) is 25.7 Å². The zero-order chi connectivity index (χ0) is 12.5. The molecule has 1 aliphatic carbocycles. The molecular weight excluding hydrogens is 226 g/mol. The number of hydrogen-bond donors (Lipinski definition) is 1. The van der Waals surface area contributed by atoms with Crippen LogP contribution < -0.4 is 0 Å². The molecule has 0 aliphatic heterocycles. The van der Waals surface area contributed by atoms with E-state index in [-0.39, 0.29) is 0 Å². The van der Waals surface area contributed by atoms with Crippen LogP contribution in [0.4, 0.5) is 0 Å². The first-order valence-corrected chi connectivity index (χ1v) is 6.73. The number of nitrogens with zero attached hydrogens (tertiary/aromatic N) is 4. The molecule has 1 aliphatic rings. The lowest BCUT2D eigenvalue weighted by Gasteiger charge is -2.01. The van der Waals surface area contributed by atoms with Gasteiger partial charge in [0.15, 0.2) is 5.82 Å². The van der Waals surface area contributed by atoms with E-state index < -0.39 is 0 Å². The third-order valence-electron chi connectivity index (χ3n) is 3.77. The lowest BCUT2D eigenvalue weighted by Crippen LogP contribution is -1.96. The Hall–Kier alpha value is -1.65. The van der Waals surface area contributed by atoms with Crippen LogP contribution in [0.5, 0.6) is 0 Å². The van der Waals surface area contributed by atoms with E-state index >= 15 is 0 Å². The number of aryl methyl sites for hydroxylation is 2. The standard InChI is InChI=1S/C13H19N5/c1-3-10-8-11(18(2)17-10)13-14-12(15-16-13)9-6-4-5-7-9/h8-9H,3-7H2,1-2H3,(H,14,15,16). The third kappa shape index (κ3) is 1.94. The maximum Gasteiger partial charge on any atom is 0.199 e. The van der Waals surface area contributed by atoms with Gasteiger partial charge in [-0.25, -0.2) is 4.98 Å². The molecule has 5 nitrogen and oxygen atoms in total. The molecule has 0 radical (unpaired) electrons. The predicted octanol–water partition coefficient (Wildman–Crippen LogP) is 2.43. The summed E-state index contributed by atoms with van der Waals surface area (Å²) in [6, 6.07) is 2.07. The van der Waals surface area contributed by atoms with Gasteiger partial charge in [0.05, 0.1) is 5.69 Å². The van der Waals surface area contributed by atoms with Crippen molar-refractivity contribution >= 4 is 0 Å². The molecule has 5 heteroatoms. The van der Waals surface area contributed by atoms with Gasteiger partial charge in [0.2, 0.25) is 0 Å². The lowest BCUT2D eigenvalue weighted by molar-refractivity contribution is 0.672. The molecule has 1 N–H and O–H groups in total. The summed E-state index contributed by atoms with van der Waals surface area (Å²) in [5, 5.41) is 11.9. The highest BCUT2D eigenvalue weighted by Gasteiger charge is 2.21. The highest BCUT2D eigenvalue weighted by atomic mass is 15.3. The third-order valence-corrected chi connectivity index (χ3v) is 3.77. The highest BCUT2D eigenvalue weighted by molar-refractivity contribution is 5.49. The van der Waals surface area contributed by atoms with Crippen molar-refractivity contribution in [1.82, 2.24) is 25.0 Å². The molecule has 0 amide bonds. The highest BCUT2D eigenvalue weighted by Crippen LogP contribution is 2.32. The number of hydrogen-bond acceptors (Lipinski definition) is 3. The minimum Gasteiger partial charge on any atom is -0.264 e. The Morgan fingerprint density at radius 3 is 2.83 bits per heavy atom. The smallest absolute Gasteiger partial charge is 0.199 e. The normalized spacial score (nSPS) is 16.6. The fourth-order valence-electron chi connectivity index (χ4n) is 2.68. The Morgan fingerprint density at radius 1 is 1.39 bits per heavy atom. The first kappa shape index (κ1) is 11.4. The lowest BCUT2D eigenvalue weighted by atomic mass is 10.1. The topological polar surface area (TPSA) is 59.4 Å². The molecule has 0 unspecified atom stereocenters. The summed E-state index contributed by atoms with van der Waals surface area (Å²) in [6.07, 6.45) is 6.03. The number of aromatic nitrogens is 5. The van der Waals surface area contributed by atoms with Gasteiger partial charge in [-0.1, -0.05) is 19.8 Å². The van der Waals surface area contributed by atoms with Crippen LogP contribution >= 0.6 is 0 Å². The summed E-state index contributed by atoms with van der Waals surface area (Å²) >= 11 is 0. The summed E-state index contributed by atoms with van der Waals surface area (Å²) in [5.74, 6) is 2.39. The van der Waals surface area contributed by atoms with Crippen LogP contribution in [0.3, 0.4) is 0 Å². The van der Waals surface area contributed by atoms with Crippen molar-refractivity contribution in [2.75, 3.05) is 0 Å². The largest absolute Gasteiger partial charge is 0.264 e. The monoisotopic (exact) mass is 245 g/mol. The Morgan fingerprint density at radius 2 is 2.17 bits per heavy atom. The van der Waals surface area contributed by atoms with Gasteiger partial charge >= 0.3 is 0 Å². The Kier molecular flexibility index (Phi) is 2.89. The minimum absolute atomic E-state index is 0.574. The van der Waals surface area contributed by atoms with Crippen molar-refractivity contribution in [1.29, 1.82) is 0 Å². The van der Waals surface area contributed by atoms with Crippen molar-refractivity contribution in [3.05, 3.63) is 17.6 Å². The molecule has 2 aromatic rings. The van der Waals surface area contributed by atoms with E-state index in [2.05, 4.69) is 33.3 Å². The van der Waals surface area contributed by atoms with Crippen LogP contribution in [0.1, 0.15) is 50.0 Å². The van der Waals surface area contributed by atoms with Crippen LogP contribution in [0, 0.1) is 0 Å². The average molecular weight is 245 g/mol. The van der Waals surface area contributed by atoms with Gasteiger partial charge in [-0.3, -0.25) is 9.78 Å². The molecule has 0 saturated heterocycles. The van der Waals surface area contributed by atoms with Crippen LogP contribution in [-0.2, 0) is 13.5 Å². The van der Waals surface area contributed by atoms with Gasteiger partial charge in [-0.05, 0) is 25.3 Å². The van der Waals surface area contributed by atoms with Gasteiger partial charge < -0.3 is 0 Å². The second kappa shape index (κ2) is 4.55.